The highest BCUT2D eigenvalue weighted by atomic mass is 16.5. The molecule has 0 spiro atoms. The van der Waals surface area contributed by atoms with E-state index in [0.29, 0.717) is 11.3 Å². The molecular formula is C24H22N2O2. The van der Waals surface area contributed by atoms with Gasteiger partial charge in [-0.05, 0) is 48.9 Å². The summed E-state index contributed by atoms with van der Waals surface area (Å²) in [6.45, 7) is 3.02. The Morgan fingerprint density at radius 1 is 0.964 bits per heavy atom. The van der Waals surface area contributed by atoms with E-state index in [1.54, 1.807) is 19.2 Å². The molecule has 0 aliphatic rings. The Labute approximate surface area is 164 Å². The minimum absolute atomic E-state index is 0.185. The number of amides is 1. The van der Waals surface area contributed by atoms with Gasteiger partial charge in [-0.3, -0.25) is 4.79 Å². The fourth-order valence-electron chi connectivity index (χ4n) is 3.57. The topological polar surface area (TPSA) is 43.3 Å². The van der Waals surface area contributed by atoms with Gasteiger partial charge in [-0.25, -0.2) is 0 Å². The first-order chi connectivity index (χ1) is 13.7. The summed E-state index contributed by atoms with van der Waals surface area (Å²) in [7, 11) is 1.57. The number of aromatic nitrogens is 1. The second kappa shape index (κ2) is 7.61. The SMILES string of the molecule is CCn1c(-c2ccccc2)cc2cc(NC(=O)c3ccccc3OC)ccc21. The van der Waals surface area contributed by atoms with Crippen molar-refractivity contribution in [2.24, 2.45) is 0 Å². The summed E-state index contributed by atoms with van der Waals surface area (Å²) in [4.78, 5) is 12.7. The number of para-hydroxylation sites is 1. The van der Waals surface area contributed by atoms with Crippen molar-refractivity contribution in [2.45, 2.75) is 13.5 Å². The van der Waals surface area contributed by atoms with Crippen molar-refractivity contribution in [1.29, 1.82) is 0 Å². The number of aryl methyl sites for hydroxylation is 1. The highest BCUT2D eigenvalue weighted by Crippen LogP contribution is 2.30. The Kier molecular flexibility index (Phi) is 4.85. The number of hydrogen-bond donors (Lipinski definition) is 1. The highest BCUT2D eigenvalue weighted by molar-refractivity contribution is 6.07. The molecule has 0 aliphatic heterocycles. The number of methoxy groups -OCH3 is 1. The molecule has 4 nitrogen and oxygen atoms in total. The molecule has 4 rings (SSSR count). The number of carbonyl (C=O) groups is 1. The quantitative estimate of drug-likeness (QED) is 0.498. The zero-order valence-corrected chi connectivity index (χ0v) is 16.0. The molecule has 0 fully saturated rings. The van der Waals surface area contributed by atoms with Crippen LogP contribution in [0.25, 0.3) is 22.2 Å². The molecular weight excluding hydrogens is 348 g/mol. The average molecular weight is 370 g/mol. The van der Waals surface area contributed by atoms with Crippen molar-refractivity contribution in [3.63, 3.8) is 0 Å². The monoisotopic (exact) mass is 370 g/mol. The molecule has 0 radical (unpaired) electrons. The molecule has 0 aliphatic carbocycles. The van der Waals surface area contributed by atoms with Gasteiger partial charge in [-0.2, -0.15) is 0 Å². The van der Waals surface area contributed by atoms with Crippen LogP contribution in [0.3, 0.4) is 0 Å². The fourth-order valence-corrected chi connectivity index (χ4v) is 3.57. The number of nitrogens with zero attached hydrogens (tertiary/aromatic N) is 1. The van der Waals surface area contributed by atoms with Crippen molar-refractivity contribution < 1.29 is 9.53 Å². The van der Waals surface area contributed by atoms with E-state index in [1.807, 2.05) is 42.5 Å². The zero-order chi connectivity index (χ0) is 19.5. The largest absolute Gasteiger partial charge is 0.496 e. The summed E-state index contributed by atoms with van der Waals surface area (Å²) in [5, 5.41) is 4.08. The number of nitrogens with one attached hydrogen (secondary N) is 1. The van der Waals surface area contributed by atoms with Gasteiger partial charge in [0.15, 0.2) is 0 Å². The third-order valence-electron chi connectivity index (χ3n) is 4.90. The van der Waals surface area contributed by atoms with Crippen LogP contribution in [0.5, 0.6) is 5.75 Å². The van der Waals surface area contributed by atoms with Crippen LogP contribution in [0.15, 0.2) is 78.9 Å². The molecule has 0 bridgehead atoms. The van der Waals surface area contributed by atoms with Crippen molar-refractivity contribution in [2.75, 3.05) is 12.4 Å². The first kappa shape index (κ1) is 17.9. The van der Waals surface area contributed by atoms with Gasteiger partial charge in [0.25, 0.3) is 5.91 Å². The van der Waals surface area contributed by atoms with Crippen molar-refractivity contribution in [3.05, 3.63) is 84.4 Å². The number of benzene rings is 3. The van der Waals surface area contributed by atoms with Crippen LogP contribution in [0.1, 0.15) is 17.3 Å². The van der Waals surface area contributed by atoms with Crippen LogP contribution < -0.4 is 10.1 Å². The zero-order valence-electron chi connectivity index (χ0n) is 16.0. The van der Waals surface area contributed by atoms with E-state index in [0.717, 1.165) is 23.1 Å². The Morgan fingerprint density at radius 3 is 2.46 bits per heavy atom. The van der Waals surface area contributed by atoms with E-state index < -0.39 is 0 Å². The molecule has 28 heavy (non-hydrogen) atoms. The van der Waals surface area contributed by atoms with E-state index in [2.05, 4.69) is 41.1 Å². The lowest BCUT2D eigenvalue weighted by atomic mass is 10.1. The maximum Gasteiger partial charge on any atom is 0.259 e. The number of rotatable bonds is 5. The van der Waals surface area contributed by atoms with Crippen LogP contribution in [0.4, 0.5) is 5.69 Å². The Morgan fingerprint density at radius 2 is 1.71 bits per heavy atom. The Bertz CT molecular complexity index is 1130. The summed E-state index contributed by atoms with van der Waals surface area (Å²) in [5.41, 5.74) is 4.78. The van der Waals surface area contributed by atoms with E-state index in [-0.39, 0.29) is 5.91 Å². The van der Waals surface area contributed by atoms with Crippen molar-refractivity contribution in [1.82, 2.24) is 4.57 Å². The van der Waals surface area contributed by atoms with Crippen molar-refractivity contribution in [3.8, 4) is 17.0 Å². The lowest BCUT2D eigenvalue weighted by molar-refractivity contribution is 0.102. The molecule has 0 saturated heterocycles. The maximum atomic E-state index is 12.7. The summed E-state index contributed by atoms with van der Waals surface area (Å²) < 4.78 is 7.58. The Balaban J connectivity index is 1.69. The van der Waals surface area contributed by atoms with Crippen LogP contribution in [0.2, 0.25) is 0 Å². The van der Waals surface area contributed by atoms with E-state index >= 15 is 0 Å². The normalized spacial score (nSPS) is 10.8. The van der Waals surface area contributed by atoms with E-state index in [1.165, 1.54) is 11.3 Å². The minimum atomic E-state index is -0.185. The van der Waals surface area contributed by atoms with Gasteiger partial charge in [-0.15, -0.1) is 0 Å². The van der Waals surface area contributed by atoms with Crippen LogP contribution in [-0.2, 0) is 6.54 Å². The number of fused-ring (bicyclic) bond motifs is 1. The summed E-state index contributed by atoms with van der Waals surface area (Å²) >= 11 is 0. The molecule has 1 amide bonds. The van der Waals surface area contributed by atoms with Crippen LogP contribution >= 0.6 is 0 Å². The molecule has 3 aromatic carbocycles. The van der Waals surface area contributed by atoms with Crippen LogP contribution in [0, 0.1) is 0 Å². The van der Waals surface area contributed by atoms with E-state index in [9.17, 15) is 4.79 Å². The third kappa shape index (κ3) is 3.25. The highest BCUT2D eigenvalue weighted by Gasteiger charge is 2.14. The van der Waals surface area contributed by atoms with Gasteiger partial charge < -0.3 is 14.6 Å². The summed E-state index contributed by atoms with van der Waals surface area (Å²) in [6.07, 6.45) is 0. The predicted octanol–water partition coefficient (Wildman–Crippen LogP) is 5.59. The lowest BCUT2D eigenvalue weighted by Crippen LogP contribution is -2.13. The molecule has 4 aromatic rings. The number of carbonyl (C=O) groups excluding carboxylic acids is 1. The molecule has 4 heteroatoms. The first-order valence-electron chi connectivity index (χ1n) is 9.34. The van der Waals surface area contributed by atoms with Gasteiger partial charge in [0.2, 0.25) is 0 Å². The van der Waals surface area contributed by atoms with Gasteiger partial charge in [0.05, 0.1) is 12.7 Å². The average Bonchev–Trinajstić information content (AvgIpc) is 3.12. The van der Waals surface area contributed by atoms with E-state index in [4.69, 9.17) is 4.74 Å². The number of hydrogen-bond acceptors (Lipinski definition) is 2. The molecule has 140 valence electrons. The fraction of sp³-hybridized carbons (Fsp3) is 0.125. The minimum Gasteiger partial charge on any atom is -0.496 e. The molecule has 0 unspecified atom stereocenters. The number of ether oxygens (including phenoxy) is 1. The maximum absolute atomic E-state index is 12.7. The smallest absolute Gasteiger partial charge is 0.259 e. The molecule has 1 N–H and O–H groups in total. The summed E-state index contributed by atoms with van der Waals surface area (Å²) in [6, 6.07) is 25.8. The lowest BCUT2D eigenvalue weighted by Gasteiger charge is -2.10. The molecule has 1 aromatic heterocycles. The standard InChI is InChI=1S/C24H22N2O2/c1-3-26-21-14-13-19(25-24(27)20-11-7-8-12-23(20)28-2)15-18(21)16-22(26)17-9-5-4-6-10-17/h4-16H,3H2,1-2H3,(H,25,27). The van der Waals surface area contributed by atoms with Crippen LogP contribution in [-0.4, -0.2) is 17.6 Å². The number of anilines is 1. The second-order valence-corrected chi connectivity index (χ2v) is 6.57. The van der Waals surface area contributed by atoms with Crippen molar-refractivity contribution >= 4 is 22.5 Å². The molecule has 1 heterocycles. The predicted molar refractivity (Wildman–Crippen MR) is 114 cm³/mol. The van der Waals surface area contributed by atoms with Gasteiger partial charge >= 0.3 is 0 Å². The Hall–Kier alpha value is -3.53. The molecule has 0 saturated carbocycles. The van der Waals surface area contributed by atoms with Gasteiger partial charge in [-0.1, -0.05) is 42.5 Å². The molecule has 0 atom stereocenters. The second-order valence-electron chi connectivity index (χ2n) is 6.57. The summed E-state index contributed by atoms with van der Waals surface area (Å²) in [5.74, 6) is 0.375. The van der Waals surface area contributed by atoms with Gasteiger partial charge in [0.1, 0.15) is 5.75 Å². The first-order valence-corrected chi connectivity index (χ1v) is 9.34. The third-order valence-corrected chi connectivity index (χ3v) is 4.90. The van der Waals surface area contributed by atoms with Gasteiger partial charge in [0, 0.05) is 28.8 Å².